The summed E-state index contributed by atoms with van der Waals surface area (Å²) in [6.07, 6.45) is 0.239. The first kappa shape index (κ1) is 12.3. The van der Waals surface area contributed by atoms with E-state index >= 15 is 0 Å². The standard InChI is InChI=1S/C12H10N2O3S/c15-10(6-8-4-2-1-3-5-8)14-12-13-9(7-18-12)11(16)17/h1-5,7H,6H2,(H,16,17)(H,13,14,15). The lowest BCUT2D eigenvalue weighted by atomic mass is 10.1. The third-order valence-electron chi connectivity index (χ3n) is 2.18. The van der Waals surface area contributed by atoms with Gasteiger partial charge >= 0.3 is 5.97 Å². The third-order valence-corrected chi connectivity index (χ3v) is 2.93. The van der Waals surface area contributed by atoms with Gasteiger partial charge in [0.1, 0.15) is 0 Å². The predicted molar refractivity (Wildman–Crippen MR) is 67.8 cm³/mol. The van der Waals surface area contributed by atoms with Crippen LogP contribution in [0.15, 0.2) is 35.7 Å². The van der Waals surface area contributed by atoms with Gasteiger partial charge in [0.05, 0.1) is 6.42 Å². The molecule has 0 unspecified atom stereocenters. The molecule has 18 heavy (non-hydrogen) atoms. The zero-order valence-electron chi connectivity index (χ0n) is 9.29. The average molecular weight is 262 g/mol. The Morgan fingerprint density at radius 3 is 2.61 bits per heavy atom. The lowest BCUT2D eigenvalue weighted by molar-refractivity contribution is -0.115. The summed E-state index contributed by atoms with van der Waals surface area (Å²) in [5.74, 6) is -1.32. The molecule has 0 spiro atoms. The monoisotopic (exact) mass is 262 g/mol. The number of carbonyl (C=O) groups is 2. The first-order valence-corrected chi connectivity index (χ1v) is 6.06. The summed E-state index contributed by atoms with van der Waals surface area (Å²) in [5.41, 5.74) is 0.833. The van der Waals surface area contributed by atoms with Crippen LogP contribution in [0.2, 0.25) is 0 Å². The molecule has 92 valence electrons. The van der Waals surface area contributed by atoms with Crippen molar-refractivity contribution in [3.05, 3.63) is 47.0 Å². The van der Waals surface area contributed by atoms with Gasteiger partial charge in [0, 0.05) is 5.38 Å². The van der Waals surface area contributed by atoms with E-state index < -0.39 is 5.97 Å². The van der Waals surface area contributed by atoms with Crippen LogP contribution in [0.25, 0.3) is 0 Å². The average Bonchev–Trinajstić information content (AvgIpc) is 2.78. The highest BCUT2D eigenvalue weighted by Crippen LogP contribution is 2.15. The predicted octanol–water partition coefficient (Wildman–Crippen LogP) is 2.02. The Labute approximate surface area is 107 Å². The highest BCUT2D eigenvalue weighted by Gasteiger charge is 2.11. The highest BCUT2D eigenvalue weighted by atomic mass is 32.1. The molecule has 5 nitrogen and oxygen atoms in total. The molecule has 0 atom stereocenters. The van der Waals surface area contributed by atoms with Gasteiger partial charge in [-0.05, 0) is 5.56 Å². The molecule has 2 rings (SSSR count). The van der Waals surface area contributed by atoms with E-state index in [4.69, 9.17) is 5.11 Å². The molecule has 0 radical (unpaired) electrons. The number of aromatic carboxylic acids is 1. The number of nitrogens with zero attached hydrogens (tertiary/aromatic N) is 1. The second kappa shape index (κ2) is 5.42. The van der Waals surface area contributed by atoms with E-state index in [1.807, 2.05) is 30.3 Å². The van der Waals surface area contributed by atoms with Crippen molar-refractivity contribution < 1.29 is 14.7 Å². The highest BCUT2D eigenvalue weighted by molar-refractivity contribution is 7.14. The van der Waals surface area contributed by atoms with Crippen molar-refractivity contribution in [3.8, 4) is 0 Å². The van der Waals surface area contributed by atoms with Gasteiger partial charge in [0.2, 0.25) is 5.91 Å². The van der Waals surface area contributed by atoms with Crippen molar-refractivity contribution in [3.63, 3.8) is 0 Å². The Bertz CT molecular complexity index is 566. The minimum absolute atomic E-state index is 0.0602. The first-order valence-electron chi connectivity index (χ1n) is 5.18. The number of nitrogens with one attached hydrogen (secondary N) is 1. The SMILES string of the molecule is O=C(Cc1ccccc1)Nc1nc(C(=O)O)cs1. The summed E-state index contributed by atoms with van der Waals surface area (Å²) in [6.45, 7) is 0. The first-order chi connectivity index (χ1) is 8.65. The summed E-state index contributed by atoms with van der Waals surface area (Å²) in [7, 11) is 0. The van der Waals surface area contributed by atoms with Crippen molar-refractivity contribution >= 4 is 28.3 Å². The van der Waals surface area contributed by atoms with Crippen LogP contribution >= 0.6 is 11.3 Å². The second-order valence-electron chi connectivity index (χ2n) is 3.55. The molecule has 1 amide bonds. The molecular formula is C12H10N2O3S. The molecule has 6 heteroatoms. The Morgan fingerprint density at radius 2 is 2.00 bits per heavy atom. The van der Waals surface area contributed by atoms with Gasteiger partial charge in [0.25, 0.3) is 0 Å². The van der Waals surface area contributed by atoms with E-state index in [1.165, 1.54) is 5.38 Å². The zero-order chi connectivity index (χ0) is 13.0. The summed E-state index contributed by atoms with van der Waals surface area (Å²) in [5, 5.41) is 13.0. The van der Waals surface area contributed by atoms with Gasteiger partial charge in [-0.3, -0.25) is 4.79 Å². The van der Waals surface area contributed by atoms with E-state index in [-0.39, 0.29) is 18.0 Å². The molecule has 1 aromatic carbocycles. The molecule has 1 aromatic heterocycles. The van der Waals surface area contributed by atoms with Crippen LogP contribution in [0.5, 0.6) is 0 Å². The molecule has 0 fully saturated rings. The van der Waals surface area contributed by atoms with E-state index in [9.17, 15) is 9.59 Å². The van der Waals surface area contributed by atoms with Crippen LogP contribution in [-0.4, -0.2) is 22.0 Å². The van der Waals surface area contributed by atoms with Crippen molar-refractivity contribution in [2.45, 2.75) is 6.42 Å². The van der Waals surface area contributed by atoms with Crippen LogP contribution in [-0.2, 0) is 11.2 Å². The summed E-state index contributed by atoms with van der Waals surface area (Å²) in [6, 6.07) is 9.29. The fourth-order valence-corrected chi connectivity index (χ4v) is 2.07. The van der Waals surface area contributed by atoms with Gasteiger partial charge in [-0.25, -0.2) is 9.78 Å². The lowest BCUT2D eigenvalue weighted by Gasteiger charge is -2.01. The van der Waals surface area contributed by atoms with Gasteiger partial charge in [-0.15, -0.1) is 11.3 Å². The Balaban J connectivity index is 1.97. The number of aromatic nitrogens is 1. The minimum atomic E-state index is -1.10. The number of hydrogen-bond acceptors (Lipinski definition) is 4. The quantitative estimate of drug-likeness (QED) is 0.883. The molecule has 0 saturated heterocycles. The number of carboxylic acids is 1. The molecule has 0 aliphatic rings. The van der Waals surface area contributed by atoms with E-state index in [0.717, 1.165) is 16.9 Å². The largest absolute Gasteiger partial charge is 0.476 e. The molecular weight excluding hydrogens is 252 g/mol. The minimum Gasteiger partial charge on any atom is -0.476 e. The molecule has 0 aliphatic heterocycles. The van der Waals surface area contributed by atoms with Crippen LogP contribution in [0, 0.1) is 0 Å². The third kappa shape index (κ3) is 3.14. The maximum atomic E-state index is 11.7. The van der Waals surface area contributed by atoms with Crippen molar-refractivity contribution in [1.29, 1.82) is 0 Å². The molecule has 2 N–H and O–H groups in total. The molecule has 0 saturated carbocycles. The maximum Gasteiger partial charge on any atom is 0.355 e. The Morgan fingerprint density at radius 1 is 1.28 bits per heavy atom. The van der Waals surface area contributed by atoms with Crippen LogP contribution in [0.3, 0.4) is 0 Å². The topological polar surface area (TPSA) is 79.3 Å². The number of carboxylic acid groups (broad SMARTS) is 1. The fraction of sp³-hybridized carbons (Fsp3) is 0.0833. The fourth-order valence-electron chi connectivity index (χ4n) is 1.37. The van der Waals surface area contributed by atoms with Gasteiger partial charge in [-0.1, -0.05) is 30.3 Å². The van der Waals surface area contributed by atoms with Crippen molar-refractivity contribution in [2.24, 2.45) is 0 Å². The van der Waals surface area contributed by atoms with E-state index in [0.29, 0.717) is 5.13 Å². The second-order valence-corrected chi connectivity index (χ2v) is 4.41. The van der Waals surface area contributed by atoms with Gasteiger partial charge < -0.3 is 10.4 Å². The number of amides is 1. The van der Waals surface area contributed by atoms with Crippen molar-refractivity contribution in [1.82, 2.24) is 4.98 Å². The van der Waals surface area contributed by atoms with Crippen LogP contribution in [0.4, 0.5) is 5.13 Å². The van der Waals surface area contributed by atoms with Gasteiger partial charge in [-0.2, -0.15) is 0 Å². The zero-order valence-corrected chi connectivity index (χ0v) is 10.1. The lowest BCUT2D eigenvalue weighted by Crippen LogP contribution is -2.14. The summed E-state index contributed by atoms with van der Waals surface area (Å²) < 4.78 is 0. The smallest absolute Gasteiger partial charge is 0.355 e. The molecule has 2 aromatic rings. The van der Waals surface area contributed by atoms with Crippen LogP contribution in [0.1, 0.15) is 16.1 Å². The van der Waals surface area contributed by atoms with Crippen molar-refractivity contribution in [2.75, 3.05) is 5.32 Å². The number of hydrogen-bond donors (Lipinski definition) is 2. The maximum absolute atomic E-state index is 11.7. The molecule has 0 bridgehead atoms. The Kier molecular flexibility index (Phi) is 3.69. The van der Waals surface area contributed by atoms with Gasteiger partial charge in [0.15, 0.2) is 10.8 Å². The Hall–Kier alpha value is -2.21. The summed E-state index contributed by atoms with van der Waals surface area (Å²) >= 11 is 1.09. The summed E-state index contributed by atoms with van der Waals surface area (Å²) in [4.78, 5) is 26.1. The number of rotatable bonds is 4. The molecule has 1 heterocycles. The number of carbonyl (C=O) groups excluding carboxylic acids is 1. The normalized spacial score (nSPS) is 10.0. The van der Waals surface area contributed by atoms with E-state index in [2.05, 4.69) is 10.3 Å². The molecule has 0 aliphatic carbocycles. The number of anilines is 1. The number of thiazole rings is 1. The number of benzene rings is 1. The van der Waals surface area contributed by atoms with E-state index in [1.54, 1.807) is 0 Å². The van der Waals surface area contributed by atoms with Crippen LogP contribution < -0.4 is 5.32 Å².